The number of hydrogen-bond acceptors (Lipinski definition) is 4. The smallest absolute Gasteiger partial charge is 0.407 e. The summed E-state index contributed by atoms with van der Waals surface area (Å²) in [4.78, 5) is 16.0. The van der Waals surface area contributed by atoms with Gasteiger partial charge in [0.15, 0.2) is 0 Å². The van der Waals surface area contributed by atoms with Crippen LogP contribution in [0, 0.1) is 3.90 Å². The monoisotopic (exact) mass is 400 g/mol. The molecule has 0 unspecified atom stereocenters. The molecule has 112 valence electrons. The number of oxazole rings is 1. The Morgan fingerprint density at radius 3 is 2.71 bits per heavy atom. The molecule has 5 nitrogen and oxygen atoms in total. The SMILES string of the molecule is CC(C)(C)OC(=O)NCc1ccccc1-c1coc(I)n1. The quantitative estimate of drug-likeness (QED) is 0.792. The molecule has 0 aliphatic carbocycles. The minimum absolute atomic E-state index is 0.370. The third kappa shape index (κ3) is 4.73. The molecular weight excluding hydrogens is 383 g/mol. The highest BCUT2D eigenvalue weighted by Crippen LogP contribution is 2.23. The number of carbonyl (C=O) groups excluding carboxylic acids is 1. The Balaban J connectivity index is 2.09. The van der Waals surface area contributed by atoms with E-state index in [2.05, 4.69) is 10.3 Å². The highest BCUT2D eigenvalue weighted by molar-refractivity contribution is 14.1. The van der Waals surface area contributed by atoms with E-state index in [9.17, 15) is 4.79 Å². The normalized spacial score (nSPS) is 11.2. The minimum atomic E-state index is -0.508. The number of ether oxygens (including phenoxy) is 1. The molecule has 2 aromatic rings. The van der Waals surface area contributed by atoms with Crippen molar-refractivity contribution in [3.8, 4) is 11.3 Å². The first kappa shape index (κ1) is 15.8. The second-order valence-electron chi connectivity index (χ2n) is 5.50. The molecule has 1 heterocycles. The first-order chi connectivity index (χ1) is 9.85. The van der Waals surface area contributed by atoms with Gasteiger partial charge in [-0.25, -0.2) is 9.78 Å². The van der Waals surface area contributed by atoms with Crippen LogP contribution in [-0.2, 0) is 11.3 Å². The Labute approximate surface area is 137 Å². The van der Waals surface area contributed by atoms with Gasteiger partial charge in [0, 0.05) is 34.7 Å². The second kappa shape index (κ2) is 6.46. The zero-order chi connectivity index (χ0) is 15.5. The molecule has 0 atom stereocenters. The van der Waals surface area contributed by atoms with Crippen molar-refractivity contribution >= 4 is 28.7 Å². The molecule has 0 saturated carbocycles. The Morgan fingerprint density at radius 2 is 2.10 bits per heavy atom. The van der Waals surface area contributed by atoms with E-state index in [-0.39, 0.29) is 0 Å². The van der Waals surface area contributed by atoms with Crippen molar-refractivity contribution in [2.75, 3.05) is 0 Å². The molecule has 6 heteroatoms. The largest absolute Gasteiger partial charge is 0.444 e. The summed E-state index contributed by atoms with van der Waals surface area (Å²) in [5, 5.41) is 2.75. The van der Waals surface area contributed by atoms with Crippen molar-refractivity contribution < 1.29 is 13.9 Å². The number of benzene rings is 1. The molecular formula is C15H17IN2O3. The van der Waals surface area contributed by atoms with Crippen LogP contribution in [0.2, 0.25) is 0 Å². The zero-order valence-corrected chi connectivity index (χ0v) is 14.3. The van der Waals surface area contributed by atoms with E-state index in [4.69, 9.17) is 9.15 Å². The minimum Gasteiger partial charge on any atom is -0.444 e. The highest BCUT2D eigenvalue weighted by Gasteiger charge is 2.16. The standard InChI is InChI=1S/C15H17IN2O3/c1-15(2,3)21-14(19)17-8-10-6-4-5-7-11(10)12-9-20-13(16)18-12/h4-7,9H,8H2,1-3H3,(H,17,19). The molecule has 1 N–H and O–H groups in total. The molecule has 0 radical (unpaired) electrons. The van der Waals surface area contributed by atoms with Gasteiger partial charge in [0.2, 0.25) is 0 Å². The van der Waals surface area contributed by atoms with Gasteiger partial charge in [-0.15, -0.1) is 0 Å². The van der Waals surface area contributed by atoms with Crippen LogP contribution in [0.1, 0.15) is 26.3 Å². The number of alkyl carbamates (subject to hydrolysis) is 1. The molecule has 0 spiro atoms. The van der Waals surface area contributed by atoms with Crippen molar-refractivity contribution in [2.45, 2.75) is 32.9 Å². The van der Waals surface area contributed by atoms with Gasteiger partial charge >= 0.3 is 6.09 Å². The second-order valence-corrected chi connectivity index (χ2v) is 6.42. The van der Waals surface area contributed by atoms with Crippen LogP contribution in [0.3, 0.4) is 0 Å². The van der Waals surface area contributed by atoms with E-state index in [1.165, 1.54) is 0 Å². The third-order valence-electron chi connectivity index (χ3n) is 2.59. The van der Waals surface area contributed by atoms with Crippen LogP contribution < -0.4 is 5.32 Å². The lowest BCUT2D eigenvalue weighted by Gasteiger charge is -2.20. The van der Waals surface area contributed by atoms with Crippen LogP contribution in [0.25, 0.3) is 11.3 Å². The van der Waals surface area contributed by atoms with E-state index in [0.29, 0.717) is 10.4 Å². The molecule has 0 aliphatic rings. The summed E-state index contributed by atoms with van der Waals surface area (Å²) < 4.78 is 11.0. The average Bonchev–Trinajstić information content (AvgIpc) is 2.81. The number of hydrogen-bond donors (Lipinski definition) is 1. The average molecular weight is 400 g/mol. The fourth-order valence-electron chi connectivity index (χ4n) is 1.78. The summed E-state index contributed by atoms with van der Waals surface area (Å²) in [5.41, 5.74) is 2.13. The molecule has 2 rings (SSSR count). The molecule has 0 bridgehead atoms. The van der Waals surface area contributed by atoms with Crippen molar-refractivity contribution in [3.63, 3.8) is 0 Å². The molecule has 1 aromatic heterocycles. The molecule has 1 amide bonds. The third-order valence-corrected chi connectivity index (χ3v) is 3.09. The fraction of sp³-hybridized carbons (Fsp3) is 0.333. The van der Waals surface area contributed by atoms with Crippen LogP contribution in [0.4, 0.5) is 4.79 Å². The fourth-order valence-corrected chi connectivity index (χ4v) is 2.17. The van der Waals surface area contributed by atoms with Crippen molar-refractivity contribution in [1.29, 1.82) is 0 Å². The van der Waals surface area contributed by atoms with Gasteiger partial charge in [0.1, 0.15) is 17.6 Å². The summed E-state index contributed by atoms with van der Waals surface area (Å²) in [6.07, 6.45) is 1.17. The van der Waals surface area contributed by atoms with Gasteiger partial charge in [-0.1, -0.05) is 24.3 Å². The number of amides is 1. The molecule has 0 fully saturated rings. The van der Waals surface area contributed by atoms with Gasteiger partial charge < -0.3 is 14.5 Å². The maximum absolute atomic E-state index is 11.7. The molecule has 0 aliphatic heterocycles. The predicted octanol–water partition coefficient (Wildman–Crippen LogP) is 3.97. The number of rotatable bonds is 3. The van der Waals surface area contributed by atoms with E-state index in [1.807, 2.05) is 67.6 Å². The molecule has 1 aromatic carbocycles. The first-order valence-corrected chi connectivity index (χ1v) is 7.59. The van der Waals surface area contributed by atoms with Crippen LogP contribution in [0.5, 0.6) is 0 Å². The molecule has 0 saturated heterocycles. The van der Waals surface area contributed by atoms with E-state index >= 15 is 0 Å². The Kier molecular flexibility index (Phi) is 4.87. The Bertz CT molecular complexity index is 632. The number of nitrogens with one attached hydrogen (secondary N) is 1. The van der Waals surface area contributed by atoms with Crippen LogP contribution in [-0.4, -0.2) is 16.7 Å². The van der Waals surface area contributed by atoms with Crippen molar-refractivity contribution in [1.82, 2.24) is 10.3 Å². The lowest BCUT2D eigenvalue weighted by molar-refractivity contribution is 0.0523. The predicted molar refractivity (Wildman–Crippen MR) is 87.7 cm³/mol. The molecule has 21 heavy (non-hydrogen) atoms. The van der Waals surface area contributed by atoms with Gasteiger partial charge in [0.05, 0.1) is 0 Å². The lowest BCUT2D eigenvalue weighted by Crippen LogP contribution is -2.32. The zero-order valence-electron chi connectivity index (χ0n) is 12.1. The van der Waals surface area contributed by atoms with E-state index < -0.39 is 11.7 Å². The number of carbonyl (C=O) groups is 1. The van der Waals surface area contributed by atoms with Gasteiger partial charge in [-0.3, -0.25) is 0 Å². The number of halogens is 1. The highest BCUT2D eigenvalue weighted by atomic mass is 127. The van der Waals surface area contributed by atoms with Crippen molar-refractivity contribution in [2.24, 2.45) is 0 Å². The lowest BCUT2D eigenvalue weighted by atomic mass is 10.1. The van der Waals surface area contributed by atoms with Crippen LogP contribution in [0.15, 0.2) is 34.9 Å². The van der Waals surface area contributed by atoms with Gasteiger partial charge in [-0.2, -0.15) is 0 Å². The first-order valence-electron chi connectivity index (χ1n) is 6.51. The van der Waals surface area contributed by atoms with Gasteiger partial charge in [0.25, 0.3) is 3.90 Å². The topological polar surface area (TPSA) is 64.4 Å². The summed E-state index contributed by atoms with van der Waals surface area (Å²) >= 11 is 2.02. The van der Waals surface area contributed by atoms with Crippen molar-refractivity contribution in [3.05, 3.63) is 40.0 Å². The van der Waals surface area contributed by atoms with E-state index in [1.54, 1.807) is 6.26 Å². The Morgan fingerprint density at radius 1 is 1.38 bits per heavy atom. The van der Waals surface area contributed by atoms with Crippen LogP contribution >= 0.6 is 22.6 Å². The summed E-state index contributed by atoms with van der Waals surface area (Å²) in [6.45, 7) is 5.86. The number of aromatic nitrogens is 1. The Hall–Kier alpha value is -1.57. The summed E-state index contributed by atoms with van der Waals surface area (Å²) in [7, 11) is 0. The maximum atomic E-state index is 11.7. The maximum Gasteiger partial charge on any atom is 0.407 e. The summed E-state index contributed by atoms with van der Waals surface area (Å²) in [6, 6.07) is 7.72. The number of nitrogens with zero attached hydrogens (tertiary/aromatic N) is 1. The summed E-state index contributed by atoms with van der Waals surface area (Å²) in [5.74, 6) is 0. The van der Waals surface area contributed by atoms with E-state index in [0.717, 1.165) is 16.8 Å². The van der Waals surface area contributed by atoms with Gasteiger partial charge in [-0.05, 0) is 26.3 Å².